The third kappa shape index (κ3) is 3.64. The van der Waals surface area contributed by atoms with Crippen LogP contribution in [0.5, 0.6) is 0 Å². The predicted molar refractivity (Wildman–Crippen MR) is 136 cm³/mol. The van der Waals surface area contributed by atoms with E-state index in [1.807, 2.05) is 27.0 Å². The number of aliphatic hydroxyl groups excluding tert-OH is 1. The second-order valence-electron chi connectivity index (χ2n) is 11.6. The Morgan fingerprint density at radius 2 is 2.00 bits per heavy atom. The van der Waals surface area contributed by atoms with E-state index < -0.39 is 52.0 Å². The first-order valence-electron chi connectivity index (χ1n) is 13.1. The van der Waals surface area contributed by atoms with Gasteiger partial charge in [-0.15, -0.1) is 11.8 Å². The Morgan fingerprint density at radius 1 is 1.28 bits per heavy atom. The minimum absolute atomic E-state index is 0.0465. The van der Waals surface area contributed by atoms with E-state index in [1.54, 1.807) is 13.0 Å². The van der Waals surface area contributed by atoms with Crippen molar-refractivity contribution in [2.24, 2.45) is 28.6 Å². The van der Waals surface area contributed by atoms with E-state index >= 15 is 4.39 Å². The topological polar surface area (TPSA) is 89.9 Å². The van der Waals surface area contributed by atoms with E-state index in [2.05, 4.69) is 0 Å². The van der Waals surface area contributed by atoms with Crippen molar-refractivity contribution in [2.75, 3.05) is 12.2 Å². The summed E-state index contributed by atoms with van der Waals surface area (Å²) >= 11 is 1.35. The highest BCUT2D eigenvalue weighted by molar-refractivity contribution is 7.98. The van der Waals surface area contributed by atoms with Crippen LogP contribution in [-0.2, 0) is 23.9 Å². The summed E-state index contributed by atoms with van der Waals surface area (Å²) in [5.41, 5.74) is -5.02. The summed E-state index contributed by atoms with van der Waals surface area (Å²) in [4.78, 5) is 38.8. The lowest BCUT2D eigenvalue weighted by molar-refractivity contribution is -0.236. The Labute approximate surface area is 217 Å². The number of ketones is 1. The lowest BCUT2D eigenvalue weighted by Gasteiger charge is -2.62. The molecule has 200 valence electrons. The zero-order valence-corrected chi connectivity index (χ0v) is 22.8. The maximum Gasteiger partial charge on any atom is 0.352 e. The molecule has 0 aromatic rings. The predicted octanol–water partition coefficient (Wildman–Crippen LogP) is 4.94. The third-order valence-electron chi connectivity index (χ3n) is 9.80. The fraction of sp³-hybridized carbons (Fsp3) is 0.750. The number of hydrogen-bond donors (Lipinski definition) is 1. The zero-order chi connectivity index (χ0) is 26.5. The number of fused-ring (bicyclic) bond motifs is 5. The third-order valence-corrected chi connectivity index (χ3v) is 10.2. The number of rotatable bonds is 7. The van der Waals surface area contributed by atoms with Gasteiger partial charge in [0.05, 0.1) is 6.10 Å². The molecule has 6 nitrogen and oxygen atoms in total. The van der Waals surface area contributed by atoms with Gasteiger partial charge in [-0.2, -0.15) is 0 Å². The van der Waals surface area contributed by atoms with Gasteiger partial charge in [-0.25, -0.2) is 9.18 Å². The van der Waals surface area contributed by atoms with Crippen molar-refractivity contribution in [3.05, 3.63) is 23.8 Å². The summed E-state index contributed by atoms with van der Waals surface area (Å²) in [6.07, 6.45) is 7.97. The molecule has 8 heteroatoms. The number of carbonyl (C=O) groups is 3. The number of carbonyl (C=O) groups excluding carboxylic acids is 3. The molecule has 4 aliphatic carbocycles. The van der Waals surface area contributed by atoms with Crippen LogP contribution in [-0.4, -0.2) is 52.4 Å². The van der Waals surface area contributed by atoms with Crippen LogP contribution < -0.4 is 0 Å². The van der Waals surface area contributed by atoms with Gasteiger partial charge in [0.15, 0.2) is 11.5 Å². The van der Waals surface area contributed by atoms with Gasteiger partial charge in [0.2, 0.25) is 5.60 Å². The minimum Gasteiger partial charge on any atom is -0.452 e. The number of esters is 2. The van der Waals surface area contributed by atoms with Gasteiger partial charge in [0.25, 0.3) is 0 Å². The molecule has 0 saturated heterocycles. The SMILES string of the molecule is CCCCC(=O)O[C@]1(C(=O)OCSC)[C@@H](C)CC2C3CCC4=CC(=O)C=CC4(C)C3(F)[C@@H](O)CC21C. The highest BCUT2D eigenvalue weighted by atomic mass is 32.2. The van der Waals surface area contributed by atoms with E-state index in [0.29, 0.717) is 31.3 Å². The molecule has 0 heterocycles. The van der Waals surface area contributed by atoms with Gasteiger partial charge in [-0.3, -0.25) is 9.59 Å². The van der Waals surface area contributed by atoms with Gasteiger partial charge in [-0.1, -0.05) is 38.8 Å². The van der Waals surface area contributed by atoms with Crippen molar-refractivity contribution in [3.63, 3.8) is 0 Å². The summed E-state index contributed by atoms with van der Waals surface area (Å²) < 4.78 is 29.1. The first-order valence-corrected chi connectivity index (χ1v) is 14.5. The average molecular weight is 523 g/mol. The Morgan fingerprint density at radius 3 is 2.67 bits per heavy atom. The van der Waals surface area contributed by atoms with Crippen molar-refractivity contribution >= 4 is 29.5 Å². The van der Waals surface area contributed by atoms with Crippen LogP contribution in [0, 0.1) is 28.6 Å². The molecule has 0 aromatic carbocycles. The molecule has 0 aromatic heterocycles. The van der Waals surface area contributed by atoms with Crippen LogP contribution in [0.25, 0.3) is 0 Å². The quantitative estimate of drug-likeness (QED) is 0.374. The maximum atomic E-state index is 17.4. The first kappa shape index (κ1) is 27.4. The molecule has 5 unspecified atom stereocenters. The highest BCUT2D eigenvalue weighted by Crippen LogP contribution is 2.71. The van der Waals surface area contributed by atoms with Crippen molar-refractivity contribution in [3.8, 4) is 0 Å². The average Bonchev–Trinajstić information content (AvgIpc) is 3.04. The molecule has 4 rings (SSSR count). The van der Waals surface area contributed by atoms with Gasteiger partial charge in [-0.05, 0) is 63.4 Å². The van der Waals surface area contributed by atoms with Crippen LogP contribution in [0.4, 0.5) is 4.39 Å². The summed E-state index contributed by atoms with van der Waals surface area (Å²) in [7, 11) is 0. The van der Waals surface area contributed by atoms with Crippen molar-refractivity contribution in [1.29, 1.82) is 0 Å². The molecule has 0 bridgehead atoms. The van der Waals surface area contributed by atoms with Gasteiger partial charge in [0, 0.05) is 29.1 Å². The van der Waals surface area contributed by atoms with Gasteiger partial charge in [0.1, 0.15) is 5.94 Å². The van der Waals surface area contributed by atoms with Crippen LogP contribution in [0.15, 0.2) is 23.8 Å². The highest BCUT2D eigenvalue weighted by Gasteiger charge is 2.78. The van der Waals surface area contributed by atoms with E-state index in [-0.39, 0.29) is 30.5 Å². The fourth-order valence-corrected chi connectivity index (χ4v) is 8.22. The smallest absolute Gasteiger partial charge is 0.352 e. The van der Waals surface area contributed by atoms with Gasteiger partial charge >= 0.3 is 11.9 Å². The molecule has 3 saturated carbocycles. The van der Waals surface area contributed by atoms with E-state index in [9.17, 15) is 19.5 Å². The largest absolute Gasteiger partial charge is 0.452 e. The molecule has 0 radical (unpaired) electrons. The van der Waals surface area contributed by atoms with Crippen molar-refractivity contribution < 1.29 is 33.4 Å². The van der Waals surface area contributed by atoms with E-state index in [4.69, 9.17) is 9.47 Å². The molecule has 3 fully saturated rings. The lowest BCUT2D eigenvalue weighted by atomic mass is 9.44. The van der Waals surface area contributed by atoms with Crippen molar-refractivity contribution in [2.45, 2.75) is 90.0 Å². The second-order valence-corrected chi connectivity index (χ2v) is 12.4. The molecule has 1 N–H and O–H groups in total. The summed E-state index contributed by atoms with van der Waals surface area (Å²) in [6, 6.07) is 0. The number of halogens is 1. The van der Waals surface area contributed by atoms with Crippen LogP contribution in [0.3, 0.4) is 0 Å². The normalized spacial score (nSPS) is 43.2. The van der Waals surface area contributed by atoms with Crippen molar-refractivity contribution in [1.82, 2.24) is 0 Å². The number of thioether (sulfide) groups is 1. The summed E-state index contributed by atoms with van der Waals surface area (Å²) in [5, 5.41) is 11.6. The van der Waals surface area contributed by atoms with E-state index in [1.165, 1.54) is 23.9 Å². The monoisotopic (exact) mass is 522 g/mol. The number of aliphatic hydroxyl groups is 1. The number of ether oxygens (including phenoxy) is 2. The first-order chi connectivity index (χ1) is 16.9. The molecule has 36 heavy (non-hydrogen) atoms. The molecule has 0 amide bonds. The zero-order valence-electron chi connectivity index (χ0n) is 22.0. The summed E-state index contributed by atoms with van der Waals surface area (Å²) in [5.74, 6) is -2.41. The van der Waals surface area contributed by atoms with Crippen LogP contribution >= 0.6 is 11.8 Å². The standard InChI is InChI=1S/C28H39FO6S/c1-6-7-8-23(32)35-28(24(33)34-16-36-5)17(2)13-21-20-10-9-18-14-19(30)11-12-25(18,3)27(20,29)22(31)15-26(21,28)4/h11-12,14,17,20-22,31H,6-10,13,15-16H2,1-5H3/t17-,20?,21?,22-,25?,26?,27?,28-/m0/s1. The molecule has 0 aliphatic heterocycles. The Balaban J connectivity index is 1.79. The minimum atomic E-state index is -2.01. The Bertz CT molecular complexity index is 995. The number of hydrogen-bond acceptors (Lipinski definition) is 7. The molecule has 0 spiro atoms. The molecular formula is C28H39FO6S. The number of unbranched alkanes of at least 4 members (excludes halogenated alkanes) is 1. The van der Waals surface area contributed by atoms with E-state index in [0.717, 1.165) is 6.42 Å². The Kier molecular flexibility index (Phi) is 7.28. The van der Waals surface area contributed by atoms with Crippen LogP contribution in [0.2, 0.25) is 0 Å². The molecule has 4 aliphatic rings. The molecular weight excluding hydrogens is 483 g/mol. The van der Waals surface area contributed by atoms with Crippen LogP contribution in [0.1, 0.15) is 72.6 Å². The Hall–Kier alpha value is -1.67. The maximum absolute atomic E-state index is 17.4. The lowest BCUT2D eigenvalue weighted by Crippen LogP contribution is -2.70. The number of allylic oxidation sites excluding steroid dienone is 4. The summed E-state index contributed by atoms with van der Waals surface area (Å²) in [6.45, 7) is 7.48. The van der Waals surface area contributed by atoms with Gasteiger partial charge < -0.3 is 14.6 Å². The molecule has 8 atom stereocenters. The fourth-order valence-electron chi connectivity index (χ4n) is 8.00. The second kappa shape index (κ2) is 9.57. The number of alkyl halides is 1.